The number of guanidine groups is 1. The Morgan fingerprint density at radius 2 is 2.25 bits per heavy atom. The Kier molecular flexibility index (Phi) is 3.65. The van der Waals surface area contributed by atoms with Gasteiger partial charge in [0.1, 0.15) is 5.65 Å². The summed E-state index contributed by atoms with van der Waals surface area (Å²) in [5.41, 5.74) is 3.19. The first kappa shape index (κ1) is 13.4. The van der Waals surface area contributed by atoms with Crippen LogP contribution in [0.1, 0.15) is 17.7 Å². The first-order valence-electron chi connectivity index (χ1n) is 6.76. The number of halogens is 1. The molecule has 0 aliphatic carbocycles. The largest absolute Gasteiger partial charge is 0.351 e. The second kappa shape index (κ2) is 5.44. The molecule has 3 heterocycles. The number of nitrogens with zero attached hydrogens (tertiary/aromatic N) is 4. The number of nitrogens with one attached hydrogen (secondary N) is 1. The molecule has 0 amide bonds. The molecule has 1 aliphatic rings. The van der Waals surface area contributed by atoms with Gasteiger partial charge in [-0.2, -0.15) is 0 Å². The summed E-state index contributed by atoms with van der Waals surface area (Å²) in [6.07, 6.45) is 5.22. The molecule has 1 aliphatic heterocycles. The molecule has 0 unspecified atom stereocenters. The normalized spacial score (nSPS) is 15.6. The van der Waals surface area contributed by atoms with E-state index in [1.54, 1.807) is 0 Å². The summed E-state index contributed by atoms with van der Waals surface area (Å²) in [7, 11) is 2.07. The van der Waals surface area contributed by atoms with Crippen LogP contribution < -0.4 is 5.32 Å². The summed E-state index contributed by atoms with van der Waals surface area (Å²) in [5.74, 6) is 0.964. The van der Waals surface area contributed by atoms with E-state index >= 15 is 0 Å². The lowest BCUT2D eigenvalue weighted by atomic mass is 10.3. The Morgan fingerprint density at radius 1 is 1.40 bits per heavy atom. The zero-order chi connectivity index (χ0) is 14.1. The van der Waals surface area contributed by atoms with Crippen molar-refractivity contribution in [1.82, 2.24) is 19.6 Å². The molecule has 0 saturated carbocycles. The average Bonchev–Trinajstić information content (AvgIpc) is 2.81. The van der Waals surface area contributed by atoms with Gasteiger partial charge in [-0.3, -0.25) is 4.99 Å². The molecule has 0 spiro atoms. The molecule has 5 nitrogen and oxygen atoms in total. The van der Waals surface area contributed by atoms with Crippen LogP contribution >= 0.6 is 15.9 Å². The predicted octanol–water partition coefficient (Wildman–Crippen LogP) is 2.19. The first-order chi connectivity index (χ1) is 9.63. The zero-order valence-corrected chi connectivity index (χ0v) is 13.3. The van der Waals surface area contributed by atoms with E-state index in [9.17, 15) is 0 Å². The lowest BCUT2D eigenvalue weighted by molar-refractivity contribution is 0.446. The summed E-state index contributed by atoms with van der Waals surface area (Å²) in [6.45, 7) is 4.73. The van der Waals surface area contributed by atoms with Crippen LogP contribution in [0, 0.1) is 6.92 Å². The third kappa shape index (κ3) is 2.65. The van der Waals surface area contributed by atoms with Crippen molar-refractivity contribution in [2.75, 3.05) is 20.1 Å². The van der Waals surface area contributed by atoms with Crippen LogP contribution in [0.15, 0.2) is 27.9 Å². The van der Waals surface area contributed by atoms with Gasteiger partial charge in [0.2, 0.25) is 0 Å². The molecular weight excluding hydrogens is 318 g/mol. The summed E-state index contributed by atoms with van der Waals surface area (Å²) >= 11 is 3.51. The standard InChI is InChI=1S/C14H18BrN5/c1-10-6-11(15)8-20-9-12(18-13(10)20)7-17-14-16-4-3-5-19(14)2/h6,8-9H,3-5,7H2,1-2H3,(H,16,17). The lowest BCUT2D eigenvalue weighted by Crippen LogP contribution is -2.41. The Bertz CT molecular complexity index is 661. The topological polar surface area (TPSA) is 44.9 Å². The van der Waals surface area contributed by atoms with Gasteiger partial charge in [0.15, 0.2) is 5.96 Å². The van der Waals surface area contributed by atoms with Crippen molar-refractivity contribution in [3.8, 4) is 0 Å². The highest BCUT2D eigenvalue weighted by Gasteiger charge is 2.11. The number of aryl methyl sites for hydroxylation is 1. The fourth-order valence-corrected chi connectivity index (χ4v) is 3.01. The third-order valence-corrected chi connectivity index (χ3v) is 3.89. The van der Waals surface area contributed by atoms with Crippen molar-refractivity contribution in [3.05, 3.63) is 34.2 Å². The van der Waals surface area contributed by atoms with Gasteiger partial charge >= 0.3 is 0 Å². The van der Waals surface area contributed by atoms with Crippen LogP contribution in [-0.2, 0) is 6.54 Å². The second-order valence-corrected chi connectivity index (χ2v) is 6.05. The maximum absolute atomic E-state index is 4.67. The SMILES string of the molecule is Cc1cc(Br)cn2cc(CNC3=NCCCN3C)nc12. The molecule has 20 heavy (non-hydrogen) atoms. The highest BCUT2D eigenvalue weighted by Crippen LogP contribution is 2.17. The molecular formula is C14H18BrN5. The van der Waals surface area contributed by atoms with E-state index < -0.39 is 0 Å². The Hall–Kier alpha value is -1.56. The van der Waals surface area contributed by atoms with Gasteiger partial charge < -0.3 is 14.6 Å². The summed E-state index contributed by atoms with van der Waals surface area (Å²) in [4.78, 5) is 11.3. The number of fused-ring (bicyclic) bond motifs is 1. The number of imidazole rings is 1. The number of pyridine rings is 1. The second-order valence-electron chi connectivity index (χ2n) is 5.14. The monoisotopic (exact) mass is 335 g/mol. The van der Waals surface area contributed by atoms with Gasteiger partial charge in [0.25, 0.3) is 0 Å². The Labute approximate surface area is 126 Å². The van der Waals surface area contributed by atoms with Crippen LogP contribution in [0.25, 0.3) is 5.65 Å². The lowest BCUT2D eigenvalue weighted by Gasteiger charge is -2.25. The van der Waals surface area contributed by atoms with Crippen molar-refractivity contribution in [2.24, 2.45) is 4.99 Å². The van der Waals surface area contributed by atoms with E-state index in [1.807, 2.05) is 6.20 Å². The van der Waals surface area contributed by atoms with Gasteiger partial charge in [-0.15, -0.1) is 0 Å². The highest BCUT2D eigenvalue weighted by atomic mass is 79.9. The zero-order valence-electron chi connectivity index (χ0n) is 11.7. The molecule has 0 atom stereocenters. The number of hydrogen-bond acceptors (Lipinski definition) is 4. The van der Waals surface area contributed by atoms with Crippen LogP contribution in [0.3, 0.4) is 0 Å². The van der Waals surface area contributed by atoms with Crippen molar-refractivity contribution in [3.63, 3.8) is 0 Å². The van der Waals surface area contributed by atoms with E-state index in [0.29, 0.717) is 6.54 Å². The van der Waals surface area contributed by atoms with E-state index in [2.05, 4.69) is 66.8 Å². The maximum atomic E-state index is 4.67. The number of hydrogen-bond donors (Lipinski definition) is 1. The highest BCUT2D eigenvalue weighted by molar-refractivity contribution is 9.10. The van der Waals surface area contributed by atoms with E-state index in [4.69, 9.17) is 0 Å². The molecule has 106 valence electrons. The molecule has 0 saturated heterocycles. The molecule has 6 heteroatoms. The van der Waals surface area contributed by atoms with Gasteiger partial charge in [-0.1, -0.05) is 0 Å². The molecule has 0 fully saturated rings. The average molecular weight is 336 g/mol. The van der Waals surface area contributed by atoms with E-state index in [-0.39, 0.29) is 0 Å². The minimum Gasteiger partial charge on any atom is -0.351 e. The fraction of sp³-hybridized carbons (Fsp3) is 0.429. The van der Waals surface area contributed by atoms with Crippen LogP contribution in [0.4, 0.5) is 0 Å². The van der Waals surface area contributed by atoms with Gasteiger partial charge in [-0.25, -0.2) is 4.98 Å². The molecule has 0 aromatic carbocycles. The summed E-state index contributed by atoms with van der Waals surface area (Å²) in [5, 5.41) is 3.37. The van der Waals surface area contributed by atoms with E-state index in [1.165, 1.54) is 0 Å². The predicted molar refractivity (Wildman–Crippen MR) is 84.0 cm³/mol. The molecule has 0 bridgehead atoms. The number of rotatable bonds is 2. The van der Waals surface area contributed by atoms with Crippen LogP contribution in [-0.4, -0.2) is 40.4 Å². The van der Waals surface area contributed by atoms with Crippen molar-refractivity contribution in [2.45, 2.75) is 19.9 Å². The van der Waals surface area contributed by atoms with Gasteiger partial charge in [0, 0.05) is 37.0 Å². The van der Waals surface area contributed by atoms with Crippen LogP contribution in [0.5, 0.6) is 0 Å². The van der Waals surface area contributed by atoms with Gasteiger partial charge in [0.05, 0.1) is 12.2 Å². The van der Waals surface area contributed by atoms with Gasteiger partial charge in [-0.05, 0) is 40.9 Å². The third-order valence-electron chi connectivity index (χ3n) is 3.45. The van der Waals surface area contributed by atoms with Crippen molar-refractivity contribution < 1.29 is 0 Å². The number of aliphatic imine (C=N–C) groups is 1. The molecule has 2 aromatic rings. The Morgan fingerprint density at radius 3 is 3.05 bits per heavy atom. The fourth-order valence-electron chi connectivity index (χ4n) is 2.44. The van der Waals surface area contributed by atoms with Crippen molar-refractivity contribution in [1.29, 1.82) is 0 Å². The Balaban J connectivity index is 1.78. The van der Waals surface area contributed by atoms with E-state index in [0.717, 1.165) is 46.8 Å². The van der Waals surface area contributed by atoms with Crippen LogP contribution in [0.2, 0.25) is 0 Å². The molecule has 1 N–H and O–H groups in total. The quantitative estimate of drug-likeness (QED) is 0.914. The minimum absolute atomic E-state index is 0.696. The molecule has 0 radical (unpaired) electrons. The summed E-state index contributed by atoms with van der Waals surface area (Å²) < 4.78 is 3.12. The number of aromatic nitrogens is 2. The smallest absolute Gasteiger partial charge is 0.193 e. The first-order valence-corrected chi connectivity index (χ1v) is 7.56. The maximum Gasteiger partial charge on any atom is 0.193 e. The summed E-state index contributed by atoms with van der Waals surface area (Å²) in [6, 6.07) is 2.08. The molecule has 2 aromatic heterocycles. The minimum atomic E-state index is 0.696. The molecule has 3 rings (SSSR count). The van der Waals surface area contributed by atoms with Crippen molar-refractivity contribution >= 4 is 27.5 Å².